The van der Waals surface area contributed by atoms with Gasteiger partial charge in [0, 0.05) is 37.2 Å². The van der Waals surface area contributed by atoms with Crippen LogP contribution < -0.4 is 4.90 Å². The Labute approximate surface area is 158 Å². The Kier molecular flexibility index (Phi) is 6.21. The largest absolute Gasteiger partial charge is 0.456 e. The minimum absolute atomic E-state index is 0.0391. The van der Waals surface area contributed by atoms with Crippen molar-refractivity contribution >= 4 is 29.3 Å². The summed E-state index contributed by atoms with van der Waals surface area (Å²) < 4.78 is 5.05. The van der Waals surface area contributed by atoms with E-state index in [2.05, 4.69) is 0 Å². The molecule has 2 aliphatic rings. The number of carbonyl (C=O) groups is 4. The van der Waals surface area contributed by atoms with Gasteiger partial charge in [0.2, 0.25) is 11.8 Å². The fraction of sp³-hybridized carbons (Fsp3) is 0.500. The second-order valence-electron chi connectivity index (χ2n) is 6.91. The van der Waals surface area contributed by atoms with E-state index in [4.69, 9.17) is 4.74 Å². The molecule has 2 amide bonds. The summed E-state index contributed by atoms with van der Waals surface area (Å²) in [5.41, 5.74) is 1.19. The normalized spacial score (nSPS) is 17.8. The van der Waals surface area contributed by atoms with Gasteiger partial charge in [-0.2, -0.15) is 0 Å². The Morgan fingerprint density at radius 2 is 1.63 bits per heavy atom. The van der Waals surface area contributed by atoms with E-state index in [9.17, 15) is 19.2 Å². The van der Waals surface area contributed by atoms with Gasteiger partial charge in [0.25, 0.3) is 0 Å². The molecule has 3 rings (SSSR count). The molecule has 2 heterocycles. The van der Waals surface area contributed by atoms with E-state index in [0.29, 0.717) is 31.5 Å². The van der Waals surface area contributed by atoms with Crippen LogP contribution in [0.1, 0.15) is 48.9 Å². The van der Waals surface area contributed by atoms with Crippen molar-refractivity contribution < 1.29 is 23.9 Å². The molecule has 7 nitrogen and oxygen atoms in total. The third kappa shape index (κ3) is 4.93. The molecule has 0 unspecified atom stereocenters. The zero-order valence-electron chi connectivity index (χ0n) is 15.3. The summed E-state index contributed by atoms with van der Waals surface area (Å²) >= 11 is 0. The van der Waals surface area contributed by atoms with E-state index in [1.54, 1.807) is 29.2 Å². The number of benzene rings is 1. The second-order valence-corrected chi connectivity index (χ2v) is 6.91. The molecule has 27 heavy (non-hydrogen) atoms. The van der Waals surface area contributed by atoms with Crippen LogP contribution in [0.25, 0.3) is 0 Å². The molecule has 1 aromatic carbocycles. The highest BCUT2D eigenvalue weighted by Crippen LogP contribution is 2.21. The summed E-state index contributed by atoms with van der Waals surface area (Å²) in [5, 5.41) is 0. The molecule has 7 heteroatoms. The van der Waals surface area contributed by atoms with Gasteiger partial charge in [-0.05, 0) is 43.5 Å². The summed E-state index contributed by atoms with van der Waals surface area (Å²) in [6, 6.07) is 6.73. The van der Waals surface area contributed by atoms with E-state index in [1.807, 2.05) is 0 Å². The molecule has 2 aliphatic heterocycles. The van der Waals surface area contributed by atoms with Crippen LogP contribution >= 0.6 is 0 Å². The van der Waals surface area contributed by atoms with E-state index >= 15 is 0 Å². The van der Waals surface area contributed by atoms with E-state index in [-0.39, 0.29) is 30.7 Å². The number of rotatable bonds is 6. The van der Waals surface area contributed by atoms with Gasteiger partial charge in [-0.3, -0.25) is 19.2 Å². The number of hydrogen-bond donors (Lipinski definition) is 0. The van der Waals surface area contributed by atoms with Crippen LogP contribution in [0.2, 0.25) is 0 Å². The van der Waals surface area contributed by atoms with Gasteiger partial charge in [-0.15, -0.1) is 0 Å². The van der Waals surface area contributed by atoms with Crippen LogP contribution in [0.15, 0.2) is 24.3 Å². The number of anilines is 1. The average Bonchev–Trinajstić information content (AvgIpc) is 3.00. The maximum absolute atomic E-state index is 12.2. The minimum atomic E-state index is -0.571. The Morgan fingerprint density at radius 3 is 2.33 bits per heavy atom. The molecular weight excluding hydrogens is 348 g/mol. The van der Waals surface area contributed by atoms with Gasteiger partial charge < -0.3 is 14.5 Å². The molecule has 1 aromatic rings. The van der Waals surface area contributed by atoms with Crippen molar-refractivity contribution in [1.29, 1.82) is 0 Å². The quantitative estimate of drug-likeness (QED) is 0.563. The van der Waals surface area contributed by atoms with Crippen molar-refractivity contribution in [2.75, 3.05) is 31.1 Å². The predicted octanol–water partition coefficient (Wildman–Crippen LogP) is 1.94. The summed E-state index contributed by atoms with van der Waals surface area (Å²) in [4.78, 5) is 51.0. The molecule has 2 saturated heterocycles. The first kappa shape index (κ1) is 19.1. The SMILES string of the molecule is O=C(CN1CCCCCC1=O)OCC(=O)c1ccc(N2CCCC2=O)cc1. The summed E-state index contributed by atoms with van der Waals surface area (Å²) in [7, 11) is 0. The first-order chi connectivity index (χ1) is 13.0. The zero-order chi connectivity index (χ0) is 19.2. The minimum Gasteiger partial charge on any atom is -0.456 e. The number of ketones is 1. The Morgan fingerprint density at radius 1 is 0.889 bits per heavy atom. The van der Waals surface area contributed by atoms with Crippen LogP contribution in [-0.2, 0) is 19.1 Å². The second kappa shape index (κ2) is 8.79. The average molecular weight is 372 g/mol. The topological polar surface area (TPSA) is 84.0 Å². The van der Waals surface area contributed by atoms with E-state index in [1.165, 1.54) is 4.90 Å². The maximum atomic E-state index is 12.2. The zero-order valence-corrected chi connectivity index (χ0v) is 15.3. The smallest absolute Gasteiger partial charge is 0.326 e. The highest BCUT2D eigenvalue weighted by atomic mass is 16.5. The Hall–Kier alpha value is -2.70. The van der Waals surface area contributed by atoms with Crippen LogP contribution in [0.5, 0.6) is 0 Å². The van der Waals surface area contributed by atoms with Gasteiger partial charge in [0.15, 0.2) is 12.4 Å². The number of ether oxygens (including phenoxy) is 1. The van der Waals surface area contributed by atoms with E-state index < -0.39 is 5.97 Å². The predicted molar refractivity (Wildman–Crippen MR) is 98.4 cm³/mol. The standard InChI is InChI=1S/C20H24N2O5/c23-17(14-27-20(26)13-21-11-3-1-2-5-18(21)24)15-7-9-16(10-8-15)22-12-4-6-19(22)25/h7-10H,1-6,11-14H2. The number of hydrogen-bond acceptors (Lipinski definition) is 5. The highest BCUT2D eigenvalue weighted by Gasteiger charge is 2.22. The summed E-state index contributed by atoms with van der Waals surface area (Å²) in [6.07, 6.45) is 4.56. The van der Waals surface area contributed by atoms with Crippen LogP contribution in [0.3, 0.4) is 0 Å². The third-order valence-electron chi connectivity index (χ3n) is 4.93. The Balaban J connectivity index is 1.49. The molecule has 0 radical (unpaired) electrons. The molecule has 2 fully saturated rings. The molecule has 0 N–H and O–H groups in total. The fourth-order valence-electron chi connectivity index (χ4n) is 3.38. The maximum Gasteiger partial charge on any atom is 0.326 e. The van der Waals surface area contributed by atoms with Crippen LogP contribution in [0, 0.1) is 0 Å². The lowest BCUT2D eigenvalue weighted by atomic mass is 10.1. The van der Waals surface area contributed by atoms with Gasteiger partial charge in [-0.25, -0.2) is 0 Å². The van der Waals surface area contributed by atoms with Gasteiger partial charge in [0.05, 0.1) is 0 Å². The molecule has 0 bridgehead atoms. The molecule has 0 atom stereocenters. The number of carbonyl (C=O) groups excluding carboxylic acids is 4. The van der Waals surface area contributed by atoms with Crippen molar-refractivity contribution in [2.45, 2.75) is 38.5 Å². The number of amides is 2. The van der Waals surface area contributed by atoms with E-state index in [0.717, 1.165) is 31.4 Å². The van der Waals surface area contributed by atoms with Crippen molar-refractivity contribution in [2.24, 2.45) is 0 Å². The summed E-state index contributed by atoms with van der Waals surface area (Å²) in [5.74, 6) is -0.836. The number of esters is 1. The van der Waals surface area contributed by atoms with Gasteiger partial charge >= 0.3 is 5.97 Å². The number of nitrogens with zero attached hydrogens (tertiary/aromatic N) is 2. The fourth-order valence-corrected chi connectivity index (χ4v) is 3.38. The van der Waals surface area contributed by atoms with Crippen molar-refractivity contribution in [3.05, 3.63) is 29.8 Å². The third-order valence-corrected chi connectivity index (χ3v) is 4.93. The molecule has 144 valence electrons. The number of Topliss-reactive ketones (excluding diaryl/α,β-unsaturated/α-hetero) is 1. The molecule has 0 aliphatic carbocycles. The van der Waals surface area contributed by atoms with Gasteiger partial charge in [0.1, 0.15) is 6.54 Å². The lowest BCUT2D eigenvalue weighted by Crippen LogP contribution is -2.36. The van der Waals surface area contributed by atoms with Crippen LogP contribution in [-0.4, -0.2) is 54.7 Å². The molecule has 0 aromatic heterocycles. The monoisotopic (exact) mass is 372 g/mol. The lowest BCUT2D eigenvalue weighted by molar-refractivity contribution is -0.148. The highest BCUT2D eigenvalue weighted by molar-refractivity contribution is 5.99. The lowest BCUT2D eigenvalue weighted by Gasteiger charge is -2.19. The number of likely N-dealkylation sites (tertiary alicyclic amines) is 1. The molecule has 0 spiro atoms. The van der Waals surface area contributed by atoms with Gasteiger partial charge in [-0.1, -0.05) is 6.42 Å². The van der Waals surface area contributed by atoms with Crippen molar-refractivity contribution in [3.63, 3.8) is 0 Å². The molecular formula is C20H24N2O5. The Bertz CT molecular complexity index is 728. The first-order valence-corrected chi connectivity index (χ1v) is 9.41. The van der Waals surface area contributed by atoms with Crippen molar-refractivity contribution in [3.8, 4) is 0 Å². The van der Waals surface area contributed by atoms with Crippen molar-refractivity contribution in [1.82, 2.24) is 4.90 Å². The molecule has 0 saturated carbocycles. The first-order valence-electron chi connectivity index (χ1n) is 9.41. The van der Waals surface area contributed by atoms with Crippen LogP contribution in [0.4, 0.5) is 5.69 Å². The summed E-state index contributed by atoms with van der Waals surface area (Å²) in [6.45, 7) is 0.780.